The summed E-state index contributed by atoms with van der Waals surface area (Å²) in [6.07, 6.45) is 2.25. The monoisotopic (exact) mass is 248 g/mol. The maximum absolute atomic E-state index is 4.56. The predicted octanol–water partition coefficient (Wildman–Crippen LogP) is 5.06. The molecule has 2 rings (SSSR count). The number of hydrogen-bond donors (Lipinski definition) is 0. The molecule has 0 saturated heterocycles. The van der Waals surface area contributed by atoms with E-state index in [4.69, 9.17) is 0 Å². The third-order valence-electron chi connectivity index (χ3n) is 2.37. The molecule has 0 unspecified atom stereocenters. The maximum Gasteiger partial charge on any atom is 0.109 e. The van der Waals surface area contributed by atoms with Gasteiger partial charge in [0.25, 0.3) is 0 Å². The van der Waals surface area contributed by atoms with Crippen molar-refractivity contribution in [1.29, 1.82) is 0 Å². The van der Waals surface area contributed by atoms with Gasteiger partial charge in [0.2, 0.25) is 0 Å². The van der Waals surface area contributed by atoms with Crippen molar-refractivity contribution in [3.05, 3.63) is 30.1 Å². The summed E-state index contributed by atoms with van der Waals surface area (Å²) in [7, 11) is 0. The van der Waals surface area contributed by atoms with Crippen molar-refractivity contribution < 1.29 is 0 Å². The SMILES string of the molecule is CC.CCC.CCc1nc2ccccc2n1CC. The number of para-hydroxylation sites is 2. The van der Waals surface area contributed by atoms with Gasteiger partial charge >= 0.3 is 0 Å². The summed E-state index contributed by atoms with van der Waals surface area (Å²) in [6.45, 7) is 13.6. The molecule has 0 atom stereocenters. The summed E-state index contributed by atoms with van der Waals surface area (Å²) < 4.78 is 2.27. The zero-order valence-corrected chi connectivity index (χ0v) is 12.8. The predicted molar refractivity (Wildman–Crippen MR) is 82.1 cm³/mol. The Morgan fingerprint density at radius 2 is 1.56 bits per heavy atom. The van der Waals surface area contributed by atoms with Gasteiger partial charge in [0.05, 0.1) is 11.0 Å². The van der Waals surface area contributed by atoms with Crippen LogP contribution in [0.15, 0.2) is 24.3 Å². The molecule has 0 bridgehead atoms. The van der Waals surface area contributed by atoms with Crippen LogP contribution < -0.4 is 0 Å². The first-order valence-corrected chi connectivity index (χ1v) is 7.22. The lowest BCUT2D eigenvalue weighted by molar-refractivity contribution is 0.726. The minimum absolute atomic E-state index is 1.00. The quantitative estimate of drug-likeness (QED) is 0.726. The standard InChI is InChI=1S/C11H14N2.C3H8.C2H6/c1-3-11-12-9-7-5-6-8-10(9)13(11)4-2;1-3-2;1-2/h5-8H,3-4H2,1-2H3;3H2,1-2H3;1-2H3. The fraction of sp³-hybridized carbons (Fsp3) is 0.562. The van der Waals surface area contributed by atoms with Gasteiger partial charge in [0.1, 0.15) is 5.82 Å². The van der Waals surface area contributed by atoms with Gasteiger partial charge in [0, 0.05) is 13.0 Å². The number of nitrogens with zero attached hydrogens (tertiary/aromatic N) is 2. The van der Waals surface area contributed by atoms with Crippen molar-refractivity contribution in [2.24, 2.45) is 0 Å². The van der Waals surface area contributed by atoms with Gasteiger partial charge in [-0.2, -0.15) is 0 Å². The normalized spacial score (nSPS) is 9.22. The molecule has 0 amide bonds. The van der Waals surface area contributed by atoms with Crippen LogP contribution in [0.2, 0.25) is 0 Å². The smallest absolute Gasteiger partial charge is 0.109 e. The van der Waals surface area contributed by atoms with Crippen molar-refractivity contribution in [3.63, 3.8) is 0 Å². The van der Waals surface area contributed by atoms with E-state index in [0.717, 1.165) is 18.5 Å². The summed E-state index contributed by atoms with van der Waals surface area (Å²) in [5.41, 5.74) is 2.36. The molecule has 0 aliphatic carbocycles. The molecule has 0 spiro atoms. The maximum atomic E-state index is 4.56. The van der Waals surface area contributed by atoms with Gasteiger partial charge in [0.15, 0.2) is 0 Å². The molecule has 1 heterocycles. The van der Waals surface area contributed by atoms with Crippen molar-refractivity contribution in [2.45, 2.75) is 60.9 Å². The van der Waals surface area contributed by atoms with E-state index >= 15 is 0 Å². The van der Waals surface area contributed by atoms with Crippen molar-refractivity contribution in [1.82, 2.24) is 9.55 Å². The van der Waals surface area contributed by atoms with Crippen LogP contribution in [0, 0.1) is 0 Å². The molecule has 0 N–H and O–H groups in total. The Bertz CT molecular complexity index is 430. The minimum Gasteiger partial charge on any atom is -0.328 e. The molecule has 1 aromatic carbocycles. The molecule has 0 aliphatic heterocycles. The highest BCUT2D eigenvalue weighted by atomic mass is 15.1. The van der Waals surface area contributed by atoms with Crippen LogP contribution in [-0.2, 0) is 13.0 Å². The van der Waals surface area contributed by atoms with Crippen molar-refractivity contribution in [3.8, 4) is 0 Å². The molecule has 0 saturated carbocycles. The van der Waals surface area contributed by atoms with Gasteiger partial charge in [-0.15, -0.1) is 0 Å². The average Bonchev–Trinajstić information content (AvgIpc) is 2.79. The Morgan fingerprint density at radius 3 is 2.06 bits per heavy atom. The van der Waals surface area contributed by atoms with E-state index in [9.17, 15) is 0 Å². The number of rotatable bonds is 2. The summed E-state index contributed by atoms with van der Waals surface area (Å²) in [5.74, 6) is 1.18. The molecule has 2 nitrogen and oxygen atoms in total. The number of fused-ring (bicyclic) bond motifs is 1. The zero-order chi connectivity index (χ0) is 14.0. The molecule has 2 aromatic rings. The van der Waals surface area contributed by atoms with Crippen molar-refractivity contribution in [2.75, 3.05) is 0 Å². The first-order chi connectivity index (χ1) is 8.78. The van der Waals surface area contributed by atoms with Crippen LogP contribution in [0.5, 0.6) is 0 Å². The Balaban J connectivity index is 0.000000509. The highest BCUT2D eigenvalue weighted by Crippen LogP contribution is 2.15. The Labute approximate surface area is 112 Å². The van der Waals surface area contributed by atoms with Crippen molar-refractivity contribution >= 4 is 11.0 Å². The van der Waals surface area contributed by atoms with E-state index in [1.54, 1.807) is 0 Å². The molecule has 2 heteroatoms. The fourth-order valence-corrected chi connectivity index (χ4v) is 1.75. The third-order valence-corrected chi connectivity index (χ3v) is 2.37. The number of benzene rings is 1. The van der Waals surface area contributed by atoms with E-state index in [1.165, 1.54) is 17.8 Å². The Kier molecular flexibility index (Phi) is 8.99. The molecule has 1 aromatic heterocycles. The molecule has 0 fully saturated rings. The second-order valence-corrected chi connectivity index (χ2v) is 3.82. The number of aromatic nitrogens is 2. The second kappa shape index (κ2) is 9.69. The number of aryl methyl sites for hydroxylation is 2. The average molecular weight is 248 g/mol. The molecule has 0 radical (unpaired) electrons. The lowest BCUT2D eigenvalue weighted by atomic mass is 10.3. The molecule has 0 aliphatic rings. The minimum atomic E-state index is 1.00. The topological polar surface area (TPSA) is 17.8 Å². The van der Waals surface area contributed by atoms with E-state index in [-0.39, 0.29) is 0 Å². The van der Waals surface area contributed by atoms with Crippen LogP contribution in [0.4, 0.5) is 0 Å². The van der Waals surface area contributed by atoms with Gasteiger partial charge in [-0.05, 0) is 19.1 Å². The van der Waals surface area contributed by atoms with Crippen LogP contribution in [0.25, 0.3) is 11.0 Å². The van der Waals surface area contributed by atoms with Crippen LogP contribution >= 0.6 is 0 Å². The zero-order valence-electron chi connectivity index (χ0n) is 12.8. The van der Waals surface area contributed by atoms with Crippen LogP contribution in [0.1, 0.15) is 53.8 Å². The Morgan fingerprint density at radius 1 is 1.00 bits per heavy atom. The summed E-state index contributed by atoms with van der Waals surface area (Å²) in [5, 5.41) is 0. The molecule has 102 valence electrons. The highest BCUT2D eigenvalue weighted by Gasteiger charge is 2.05. The molecule has 18 heavy (non-hydrogen) atoms. The second-order valence-electron chi connectivity index (χ2n) is 3.82. The van der Waals surface area contributed by atoms with E-state index in [1.807, 2.05) is 19.9 Å². The Hall–Kier alpha value is -1.31. The largest absolute Gasteiger partial charge is 0.328 e. The van der Waals surface area contributed by atoms with Gasteiger partial charge in [-0.25, -0.2) is 4.98 Å². The number of hydrogen-bond acceptors (Lipinski definition) is 1. The van der Waals surface area contributed by atoms with Gasteiger partial charge < -0.3 is 4.57 Å². The van der Waals surface area contributed by atoms with Gasteiger partial charge in [-0.3, -0.25) is 0 Å². The lowest BCUT2D eigenvalue weighted by Gasteiger charge is -2.02. The van der Waals surface area contributed by atoms with Gasteiger partial charge in [-0.1, -0.05) is 53.2 Å². The molecular formula is C16H28N2. The highest BCUT2D eigenvalue weighted by molar-refractivity contribution is 5.75. The lowest BCUT2D eigenvalue weighted by Crippen LogP contribution is -1.99. The summed E-state index contributed by atoms with van der Waals surface area (Å²) in [6, 6.07) is 8.30. The summed E-state index contributed by atoms with van der Waals surface area (Å²) in [4.78, 5) is 4.56. The first-order valence-electron chi connectivity index (χ1n) is 7.22. The molecular weight excluding hydrogens is 220 g/mol. The number of imidazole rings is 1. The third kappa shape index (κ3) is 4.17. The summed E-state index contributed by atoms with van der Waals surface area (Å²) >= 11 is 0. The van der Waals surface area contributed by atoms with E-state index in [2.05, 4.69) is 55.4 Å². The van der Waals surface area contributed by atoms with E-state index in [0.29, 0.717) is 0 Å². The first kappa shape index (κ1) is 16.7. The van der Waals surface area contributed by atoms with E-state index < -0.39 is 0 Å². The van der Waals surface area contributed by atoms with Crippen LogP contribution in [0.3, 0.4) is 0 Å². The fourth-order valence-electron chi connectivity index (χ4n) is 1.75. The van der Waals surface area contributed by atoms with Crippen LogP contribution in [-0.4, -0.2) is 9.55 Å².